The van der Waals surface area contributed by atoms with Crippen molar-refractivity contribution in [2.75, 3.05) is 23.8 Å². The average Bonchev–Trinajstić information content (AvgIpc) is 2.49. The SMILES string of the molecule is CCCNC(C1CSCCS1)C1CCCCC1CC. The summed E-state index contributed by atoms with van der Waals surface area (Å²) in [6.07, 6.45) is 8.56. The molecule has 0 aromatic heterocycles. The van der Waals surface area contributed by atoms with Gasteiger partial charge in [0, 0.05) is 28.6 Å². The van der Waals surface area contributed by atoms with Crippen LogP contribution in [-0.4, -0.2) is 35.1 Å². The van der Waals surface area contributed by atoms with E-state index in [1.54, 1.807) is 0 Å². The van der Waals surface area contributed by atoms with Gasteiger partial charge in [-0.3, -0.25) is 0 Å². The number of hydrogen-bond donors (Lipinski definition) is 1. The van der Waals surface area contributed by atoms with Crippen molar-refractivity contribution in [1.29, 1.82) is 0 Å². The molecule has 1 aliphatic carbocycles. The molecule has 0 amide bonds. The zero-order valence-electron chi connectivity index (χ0n) is 12.7. The smallest absolute Gasteiger partial charge is 0.0294 e. The maximum atomic E-state index is 3.94. The van der Waals surface area contributed by atoms with Crippen LogP contribution in [0.3, 0.4) is 0 Å². The van der Waals surface area contributed by atoms with Crippen molar-refractivity contribution in [2.24, 2.45) is 11.8 Å². The van der Waals surface area contributed by atoms with Crippen LogP contribution < -0.4 is 5.32 Å². The summed E-state index contributed by atoms with van der Waals surface area (Å²) in [6.45, 7) is 5.91. The Morgan fingerprint density at radius 2 is 2.00 bits per heavy atom. The van der Waals surface area contributed by atoms with Gasteiger partial charge in [-0.15, -0.1) is 0 Å². The summed E-state index contributed by atoms with van der Waals surface area (Å²) in [5.74, 6) is 6.03. The van der Waals surface area contributed by atoms with E-state index in [1.807, 2.05) is 0 Å². The van der Waals surface area contributed by atoms with Gasteiger partial charge < -0.3 is 5.32 Å². The summed E-state index contributed by atoms with van der Waals surface area (Å²) in [5.41, 5.74) is 0. The first-order valence-corrected chi connectivity index (χ1v) is 10.5. The molecule has 0 aromatic carbocycles. The van der Waals surface area contributed by atoms with Gasteiger partial charge in [-0.25, -0.2) is 0 Å². The first kappa shape index (κ1) is 16.0. The van der Waals surface area contributed by atoms with Crippen molar-refractivity contribution in [3.8, 4) is 0 Å². The predicted molar refractivity (Wildman–Crippen MR) is 91.4 cm³/mol. The maximum Gasteiger partial charge on any atom is 0.0294 e. The predicted octanol–water partition coefficient (Wildman–Crippen LogP) is 4.42. The van der Waals surface area contributed by atoms with Crippen molar-refractivity contribution >= 4 is 23.5 Å². The van der Waals surface area contributed by atoms with Crippen LogP contribution in [0.25, 0.3) is 0 Å². The highest BCUT2D eigenvalue weighted by atomic mass is 32.2. The molecule has 0 bridgehead atoms. The van der Waals surface area contributed by atoms with E-state index in [4.69, 9.17) is 0 Å². The summed E-state index contributed by atoms with van der Waals surface area (Å²) in [7, 11) is 0. The molecule has 0 aromatic rings. The van der Waals surface area contributed by atoms with Crippen LogP contribution in [0.1, 0.15) is 52.4 Å². The zero-order chi connectivity index (χ0) is 13.5. The monoisotopic (exact) mass is 301 g/mol. The third-order valence-corrected chi connectivity index (χ3v) is 7.71. The number of rotatable bonds is 6. The van der Waals surface area contributed by atoms with E-state index in [1.165, 1.54) is 62.3 Å². The molecule has 1 heterocycles. The van der Waals surface area contributed by atoms with Gasteiger partial charge in [-0.1, -0.05) is 39.5 Å². The highest BCUT2D eigenvalue weighted by Gasteiger charge is 2.35. The molecule has 2 aliphatic rings. The molecule has 1 nitrogen and oxygen atoms in total. The molecule has 0 spiro atoms. The Hall–Kier alpha value is 0.660. The molecule has 0 radical (unpaired) electrons. The van der Waals surface area contributed by atoms with E-state index in [9.17, 15) is 0 Å². The molecule has 3 heteroatoms. The molecule has 1 N–H and O–H groups in total. The topological polar surface area (TPSA) is 12.0 Å². The fourth-order valence-electron chi connectivity index (χ4n) is 3.80. The van der Waals surface area contributed by atoms with Gasteiger partial charge in [0.25, 0.3) is 0 Å². The van der Waals surface area contributed by atoms with Crippen LogP contribution in [0, 0.1) is 11.8 Å². The van der Waals surface area contributed by atoms with E-state index in [2.05, 4.69) is 42.7 Å². The van der Waals surface area contributed by atoms with Gasteiger partial charge in [0.2, 0.25) is 0 Å². The van der Waals surface area contributed by atoms with Crippen molar-refractivity contribution < 1.29 is 0 Å². The Kier molecular flexibility index (Phi) is 7.46. The number of hydrogen-bond acceptors (Lipinski definition) is 3. The highest BCUT2D eigenvalue weighted by Crippen LogP contribution is 2.39. The van der Waals surface area contributed by atoms with E-state index < -0.39 is 0 Å². The average molecular weight is 302 g/mol. The van der Waals surface area contributed by atoms with E-state index in [0.717, 1.165) is 23.1 Å². The summed E-state index contributed by atoms with van der Waals surface area (Å²) in [6, 6.07) is 0.781. The third kappa shape index (κ3) is 4.57. The molecule has 112 valence electrons. The minimum atomic E-state index is 0.781. The summed E-state index contributed by atoms with van der Waals surface area (Å²) < 4.78 is 0. The Morgan fingerprint density at radius 1 is 1.16 bits per heavy atom. The first-order chi connectivity index (χ1) is 9.36. The molecule has 2 fully saturated rings. The van der Waals surface area contributed by atoms with Crippen molar-refractivity contribution in [2.45, 2.75) is 63.7 Å². The lowest BCUT2D eigenvalue weighted by Crippen LogP contribution is -2.49. The zero-order valence-corrected chi connectivity index (χ0v) is 14.3. The largest absolute Gasteiger partial charge is 0.313 e. The van der Waals surface area contributed by atoms with Crippen molar-refractivity contribution in [3.05, 3.63) is 0 Å². The summed E-state index contributed by atoms with van der Waals surface area (Å²) >= 11 is 4.42. The van der Waals surface area contributed by atoms with E-state index in [0.29, 0.717) is 0 Å². The Balaban J connectivity index is 2.01. The van der Waals surface area contributed by atoms with Crippen molar-refractivity contribution in [1.82, 2.24) is 5.32 Å². The van der Waals surface area contributed by atoms with Crippen LogP contribution >= 0.6 is 23.5 Å². The standard InChI is InChI=1S/C16H31NS2/c1-3-9-17-16(15-12-18-10-11-19-15)14-8-6-5-7-13(14)4-2/h13-17H,3-12H2,1-2H3. The molecule has 1 saturated carbocycles. The molecule has 1 aliphatic heterocycles. The Bertz CT molecular complexity index is 241. The van der Waals surface area contributed by atoms with Crippen LogP contribution in [0.15, 0.2) is 0 Å². The van der Waals surface area contributed by atoms with Crippen LogP contribution in [0.4, 0.5) is 0 Å². The van der Waals surface area contributed by atoms with Gasteiger partial charge >= 0.3 is 0 Å². The normalized spacial score (nSPS) is 34.1. The van der Waals surface area contributed by atoms with E-state index >= 15 is 0 Å². The van der Waals surface area contributed by atoms with Gasteiger partial charge in [-0.05, 0) is 31.2 Å². The minimum absolute atomic E-state index is 0.781. The summed E-state index contributed by atoms with van der Waals surface area (Å²) in [4.78, 5) is 0. The molecule has 4 atom stereocenters. The van der Waals surface area contributed by atoms with E-state index in [-0.39, 0.29) is 0 Å². The fourth-order valence-corrected chi connectivity index (χ4v) is 6.74. The van der Waals surface area contributed by atoms with Crippen LogP contribution in [-0.2, 0) is 0 Å². The fraction of sp³-hybridized carbons (Fsp3) is 1.00. The second kappa shape index (κ2) is 8.84. The number of thioether (sulfide) groups is 2. The highest BCUT2D eigenvalue weighted by molar-refractivity contribution is 8.06. The van der Waals surface area contributed by atoms with Crippen LogP contribution in [0.2, 0.25) is 0 Å². The van der Waals surface area contributed by atoms with Gasteiger partial charge in [0.15, 0.2) is 0 Å². The quantitative estimate of drug-likeness (QED) is 0.780. The molecular formula is C16H31NS2. The maximum absolute atomic E-state index is 3.94. The lowest BCUT2D eigenvalue weighted by Gasteiger charge is -2.42. The first-order valence-electron chi connectivity index (χ1n) is 8.29. The summed E-state index contributed by atoms with van der Waals surface area (Å²) in [5, 5.41) is 4.80. The third-order valence-electron chi connectivity index (χ3n) is 4.83. The molecule has 19 heavy (non-hydrogen) atoms. The van der Waals surface area contributed by atoms with Gasteiger partial charge in [0.05, 0.1) is 0 Å². The number of nitrogens with one attached hydrogen (secondary N) is 1. The second-order valence-electron chi connectivity index (χ2n) is 6.08. The molecule has 1 saturated heterocycles. The molecule has 4 unspecified atom stereocenters. The van der Waals surface area contributed by atoms with Crippen molar-refractivity contribution in [3.63, 3.8) is 0 Å². The Morgan fingerprint density at radius 3 is 2.68 bits per heavy atom. The lowest BCUT2D eigenvalue weighted by atomic mass is 9.73. The second-order valence-corrected chi connectivity index (χ2v) is 8.58. The van der Waals surface area contributed by atoms with Gasteiger partial charge in [0.1, 0.15) is 0 Å². The Labute approximate surface area is 128 Å². The van der Waals surface area contributed by atoms with Crippen LogP contribution in [0.5, 0.6) is 0 Å². The van der Waals surface area contributed by atoms with Gasteiger partial charge in [-0.2, -0.15) is 23.5 Å². The molecular weight excluding hydrogens is 270 g/mol. The lowest BCUT2D eigenvalue weighted by molar-refractivity contribution is 0.175. The molecule has 2 rings (SSSR count). The minimum Gasteiger partial charge on any atom is -0.313 e.